The summed E-state index contributed by atoms with van der Waals surface area (Å²) in [5, 5.41) is 9.71. The molecule has 2 fully saturated rings. The number of aromatic nitrogens is 2. The molecule has 1 aliphatic carbocycles. The van der Waals surface area contributed by atoms with Crippen LogP contribution in [0.25, 0.3) is 0 Å². The molecule has 0 aromatic carbocycles. The molecule has 2 N–H and O–H groups in total. The van der Waals surface area contributed by atoms with E-state index in [1.807, 2.05) is 6.92 Å². The molecule has 2 aliphatic rings. The number of anilines is 1. The van der Waals surface area contributed by atoms with Gasteiger partial charge >= 0.3 is 12.0 Å². The molecule has 1 aromatic heterocycles. The number of nitrogens with zero attached hydrogens (tertiary/aromatic N) is 3. The lowest BCUT2D eigenvalue weighted by molar-refractivity contribution is -0.153. The first kappa shape index (κ1) is 20.8. The zero-order valence-corrected chi connectivity index (χ0v) is 17.2. The highest BCUT2D eigenvalue weighted by molar-refractivity contribution is 6.07. The van der Waals surface area contributed by atoms with E-state index in [-0.39, 0.29) is 18.9 Å². The van der Waals surface area contributed by atoms with Crippen molar-refractivity contribution in [2.75, 3.05) is 11.9 Å². The predicted molar refractivity (Wildman–Crippen MR) is 103 cm³/mol. The third-order valence-electron chi connectivity index (χ3n) is 5.68. The molecule has 1 saturated heterocycles. The van der Waals surface area contributed by atoms with Crippen molar-refractivity contribution in [3.05, 3.63) is 11.4 Å². The third-order valence-corrected chi connectivity index (χ3v) is 5.68. The van der Waals surface area contributed by atoms with Gasteiger partial charge in [0.1, 0.15) is 5.54 Å². The maximum Gasteiger partial charge on any atom is 0.325 e. The monoisotopic (exact) mass is 405 g/mol. The van der Waals surface area contributed by atoms with E-state index in [2.05, 4.69) is 15.7 Å². The largest absolute Gasteiger partial charge is 0.452 e. The van der Waals surface area contributed by atoms with Gasteiger partial charge in [-0.1, -0.05) is 12.8 Å². The number of rotatable bonds is 6. The summed E-state index contributed by atoms with van der Waals surface area (Å²) in [4.78, 5) is 50.3. The van der Waals surface area contributed by atoms with Crippen LogP contribution in [0.4, 0.5) is 10.5 Å². The first-order chi connectivity index (χ1) is 13.6. The second-order valence-corrected chi connectivity index (χ2v) is 7.72. The SMILES string of the molecule is Cc1nn(C)c(C)c1NC(=O)[C@H](C)OC(=O)CCN1C(=O)NC2(CCCC2)C1=O. The molecular formula is C19H27N5O5. The zero-order chi connectivity index (χ0) is 21.3. The highest BCUT2D eigenvalue weighted by Gasteiger charge is 2.52. The number of aryl methyl sites for hydroxylation is 2. The fourth-order valence-corrected chi connectivity index (χ4v) is 3.89. The van der Waals surface area contributed by atoms with E-state index in [4.69, 9.17) is 4.74 Å². The highest BCUT2D eigenvalue weighted by atomic mass is 16.5. The van der Waals surface area contributed by atoms with E-state index in [9.17, 15) is 19.2 Å². The van der Waals surface area contributed by atoms with Crippen LogP contribution >= 0.6 is 0 Å². The fraction of sp³-hybridized carbons (Fsp3) is 0.632. The summed E-state index contributed by atoms with van der Waals surface area (Å²) < 4.78 is 6.82. The number of hydrogen-bond acceptors (Lipinski definition) is 6. The van der Waals surface area contributed by atoms with Gasteiger partial charge in [-0.05, 0) is 33.6 Å². The summed E-state index contributed by atoms with van der Waals surface area (Å²) in [5.74, 6) is -1.40. The minimum Gasteiger partial charge on any atom is -0.452 e. The standard InChI is InChI=1S/C19H27N5O5/c1-11-15(12(2)23(4)22-11)20-16(26)13(3)29-14(25)7-10-24-17(27)19(21-18(24)28)8-5-6-9-19/h13H,5-10H2,1-4H3,(H,20,26)(H,21,28)/t13-/m0/s1. The quantitative estimate of drug-likeness (QED) is 0.541. The Morgan fingerprint density at radius 2 is 1.93 bits per heavy atom. The predicted octanol–water partition coefficient (Wildman–Crippen LogP) is 1.16. The van der Waals surface area contributed by atoms with Gasteiger partial charge in [-0.25, -0.2) is 4.79 Å². The van der Waals surface area contributed by atoms with Crippen LogP contribution in [0.2, 0.25) is 0 Å². The third kappa shape index (κ3) is 3.96. The van der Waals surface area contributed by atoms with Gasteiger partial charge in [-0.15, -0.1) is 0 Å². The number of carbonyl (C=O) groups excluding carboxylic acids is 4. The summed E-state index contributed by atoms with van der Waals surface area (Å²) in [6.45, 7) is 4.99. The Morgan fingerprint density at radius 1 is 1.28 bits per heavy atom. The van der Waals surface area contributed by atoms with Crippen LogP contribution in [0.5, 0.6) is 0 Å². The van der Waals surface area contributed by atoms with Crippen molar-refractivity contribution >= 4 is 29.5 Å². The summed E-state index contributed by atoms with van der Waals surface area (Å²) >= 11 is 0. The smallest absolute Gasteiger partial charge is 0.325 e. The first-order valence-electron chi connectivity index (χ1n) is 9.79. The van der Waals surface area contributed by atoms with Gasteiger partial charge in [0.15, 0.2) is 6.10 Å². The Balaban J connectivity index is 1.50. The van der Waals surface area contributed by atoms with E-state index < -0.39 is 29.6 Å². The van der Waals surface area contributed by atoms with Crippen molar-refractivity contribution in [1.82, 2.24) is 20.0 Å². The van der Waals surface area contributed by atoms with Crippen molar-refractivity contribution in [2.45, 2.75) is 64.5 Å². The topological polar surface area (TPSA) is 123 Å². The van der Waals surface area contributed by atoms with E-state index in [0.717, 1.165) is 23.4 Å². The van der Waals surface area contributed by atoms with Gasteiger partial charge in [-0.2, -0.15) is 5.10 Å². The lowest BCUT2D eigenvalue weighted by Crippen LogP contribution is -2.44. The second kappa shape index (κ2) is 7.84. The number of nitrogens with one attached hydrogen (secondary N) is 2. The van der Waals surface area contributed by atoms with Crippen LogP contribution in [0.1, 0.15) is 50.4 Å². The van der Waals surface area contributed by atoms with Gasteiger partial charge in [0.25, 0.3) is 11.8 Å². The molecule has 0 unspecified atom stereocenters. The molecule has 158 valence electrons. The van der Waals surface area contributed by atoms with Gasteiger partial charge in [0.2, 0.25) is 0 Å². The van der Waals surface area contributed by atoms with Crippen molar-refractivity contribution in [2.24, 2.45) is 7.05 Å². The lowest BCUT2D eigenvalue weighted by Gasteiger charge is -2.20. The molecule has 0 radical (unpaired) electrons. The normalized spacial score (nSPS) is 18.8. The number of carbonyl (C=O) groups is 4. The van der Waals surface area contributed by atoms with Crippen LogP contribution in [-0.4, -0.2) is 56.7 Å². The van der Waals surface area contributed by atoms with Gasteiger partial charge in [0, 0.05) is 13.6 Å². The number of esters is 1. The molecule has 1 aromatic rings. The average Bonchev–Trinajstić information content (AvgIpc) is 3.29. The van der Waals surface area contributed by atoms with Crippen LogP contribution < -0.4 is 10.6 Å². The molecule has 1 atom stereocenters. The van der Waals surface area contributed by atoms with E-state index in [0.29, 0.717) is 24.2 Å². The number of amides is 4. The van der Waals surface area contributed by atoms with Crippen molar-refractivity contribution in [3.63, 3.8) is 0 Å². The van der Waals surface area contributed by atoms with Crippen molar-refractivity contribution < 1.29 is 23.9 Å². The van der Waals surface area contributed by atoms with Crippen LogP contribution in [-0.2, 0) is 26.2 Å². The zero-order valence-electron chi connectivity index (χ0n) is 17.2. The Labute approximate surface area is 168 Å². The Bertz CT molecular complexity index is 855. The number of hydrogen-bond donors (Lipinski definition) is 2. The number of ether oxygens (including phenoxy) is 1. The minimum atomic E-state index is -1.02. The van der Waals surface area contributed by atoms with Crippen molar-refractivity contribution in [1.29, 1.82) is 0 Å². The molecule has 10 nitrogen and oxygen atoms in total. The van der Waals surface area contributed by atoms with Gasteiger partial charge in [0.05, 0.1) is 23.5 Å². The molecule has 29 heavy (non-hydrogen) atoms. The maximum absolute atomic E-state index is 12.6. The summed E-state index contributed by atoms with van der Waals surface area (Å²) in [6.07, 6.45) is 1.85. The molecule has 4 amide bonds. The number of imide groups is 1. The van der Waals surface area contributed by atoms with E-state index >= 15 is 0 Å². The molecule has 1 aliphatic heterocycles. The molecule has 2 heterocycles. The Kier molecular flexibility index (Phi) is 5.63. The molecule has 3 rings (SSSR count). The Morgan fingerprint density at radius 3 is 2.52 bits per heavy atom. The molecule has 10 heteroatoms. The lowest BCUT2D eigenvalue weighted by atomic mass is 9.98. The van der Waals surface area contributed by atoms with Gasteiger partial charge in [-0.3, -0.25) is 24.0 Å². The van der Waals surface area contributed by atoms with Crippen LogP contribution in [0.15, 0.2) is 0 Å². The first-order valence-corrected chi connectivity index (χ1v) is 9.79. The molecule has 1 saturated carbocycles. The minimum absolute atomic E-state index is 0.0690. The molecular weight excluding hydrogens is 378 g/mol. The van der Waals surface area contributed by atoms with Gasteiger partial charge < -0.3 is 15.4 Å². The summed E-state index contributed by atoms with van der Waals surface area (Å²) in [7, 11) is 1.77. The highest BCUT2D eigenvalue weighted by Crippen LogP contribution is 2.35. The second-order valence-electron chi connectivity index (χ2n) is 7.72. The van der Waals surface area contributed by atoms with Crippen LogP contribution in [0, 0.1) is 13.8 Å². The number of urea groups is 1. The van der Waals surface area contributed by atoms with Crippen LogP contribution in [0.3, 0.4) is 0 Å². The van der Waals surface area contributed by atoms with Crippen molar-refractivity contribution in [3.8, 4) is 0 Å². The van der Waals surface area contributed by atoms with E-state index in [1.165, 1.54) is 6.92 Å². The maximum atomic E-state index is 12.6. The average molecular weight is 405 g/mol. The fourth-order valence-electron chi connectivity index (χ4n) is 3.89. The summed E-state index contributed by atoms with van der Waals surface area (Å²) in [5.41, 5.74) is 1.24. The molecule has 1 spiro atoms. The molecule has 0 bridgehead atoms. The summed E-state index contributed by atoms with van der Waals surface area (Å²) in [6, 6.07) is -0.474. The Hall–Kier alpha value is -2.91. The van der Waals surface area contributed by atoms with E-state index in [1.54, 1.807) is 18.7 Å².